The summed E-state index contributed by atoms with van der Waals surface area (Å²) in [6.07, 6.45) is 1.74. The van der Waals surface area contributed by atoms with Crippen LogP contribution in [0.3, 0.4) is 0 Å². The average Bonchev–Trinajstić information content (AvgIpc) is 3.58. The molecule has 0 saturated carbocycles. The van der Waals surface area contributed by atoms with Gasteiger partial charge >= 0.3 is 11.9 Å². The van der Waals surface area contributed by atoms with Crippen LogP contribution >= 0.6 is 0 Å². The lowest BCUT2D eigenvalue weighted by molar-refractivity contribution is -0.117. The smallest absolute Gasteiger partial charge is 0.335 e. The van der Waals surface area contributed by atoms with Gasteiger partial charge in [0.05, 0.1) is 11.1 Å². The summed E-state index contributed by atoms with van der Waals surface area (Å²) in [6, 6.07) is 29.5. The zero-order valence-electron chi connectivity index (χ0n) is 27.0. The molecule has 1 spiro atoms. The third-order valence-electron chi connectivity index (χ3n) is 10.2. The van der Waals surface area contributed by atoms with Crippen LogP contribution in [0.25, 0.3) is 0 Å². The van der Waals surface area contributed by atoms with Gasteiger partial charge in [0, 0.05) is 35.0 Å². The van der Waals surface area contributed by atoms with Gasteiger partial charge in [-0.25, -0.2) is 9.59 Å². The van der Waals surface area contributed by atoms with Crippen molar-refractivity contribution in [2.45, 2.75) is 69.9 Å². The number of anilines is 2. The molecule has 0 atom stereocenters. The molecule has 0 aliphatic carbocycles. The van der Waals surface area contributed by atoms with E-state index in [1.807, 2.05) is 72.8 Å². The number of rotatable bonds is 8. The number of carbonyl (C=O) groups excluding carboxylic acids is 2. The second-order valence-electron chi connectivity index (χ2n) is 13.5. The van der Waals surface area contributed by atoms with Gasteiger partial charge in [-0.1, -0.05) is 76.2 Å². The monoisotopic (exact) mass is 630 g/mol. The van der Waals surface area contributed by atoms with E-state index in [9.17, 15) is 29.4 Å². The molecular formula is C39H38N2O6. The predicted octanol–water partition coefficient (Wildman–Crippen LogP) is 7.38. The van der Waals surface area contributed by atoms with Crippen LogP contribution in [0.5, 0.6) is 0 Å². The fraction of sp³-hybridized carbons (Fsp3) is 0.282. The Bertz CT molecular complexity index is 1720. The topological polar surface area (TPSA) is 115 Å². The SMILES string of the molecule is CC(C)(c1ccc(C(=O)O)cc1)c1ccc(N2C(=O)CCC23CCC(=O)N3c2ccc(C(C)(C)c3ccc(C(=O)O)cc3)cc2)cc1. The van der Waals surface area contributed by atoms with Gasteiger partial charge in [0.15, 0.2) is 0 Å². The van der Waals surface area contributed by atoms with E-state index in [4.69, 9.17) is 0 Å². The molecule has 2 saturated heterocycles. The molecule has 2 aliphatic rings. The molecular weight excluding hydrogens is 592 g/mol. The Hall–Kier alpha value is -5.24. The standard InChI is InChI=1S/C39H38N2O6/c1-37(2,27-9-5-25(6-10-27)35(44)45)29-13-17-31(18-14-29)40-33(42)21-23-39(40)24-22-34(43)41(39)32-19-15-30(16-20-32)38(3,4)28-11-7-26(8-12-28)36(46)47/h5-20H,21-24H2,1-4H3,(H,44,45)(H,46,47). The zero-order chi connectivity index (χ0) is 33.7. The van der Waals surface area contributed by atoms with Gasteiger partial charge in [-0.2, -0.15) is 0 Å². The zero-order valence-corrected chi connectivity index (χ0v) is 27.0. The molecule has 0 radical (unpaired) electrons. The number of carboxylic acids is 2. The van der Waals surface area contributed by atoms with Crippen molar-refractivity contribution in [3.8, 4) is 0 Å². The fourth-order valence-corrected chi connectivity index (χ4v) is 7.19. The largest absolute Gasteiger partial charge is 0.478 e. The summed E-state index contributed by atoms with van der Waals surface area (Å²) in [4.78, 5) is 53.3. The first-order valence-corrected chi connectivity index (χ1v) is 15.8. The quantitative estimate of drug-likeness (QED) is 0.210. The van der Waals surface area contributed by atoms with E-state index in [-0.39, 0.29) is 22.9 Å². The predicted molar refractivity (Wildman–Crippen MR) is 180 cm³/mol. The molecule has 47 heavy (non-hydrogen) atoms. The summed E-state index contributed by atoms with van der Waals surface area (Å²) < 4.78 is 0. The highest BCUT2D eigenvalue weighted by Gasteiger charge is 2.56. The number of amides is 2. The summed E-state index contributed by atoms with van der Waals surface area (Å²) >= 11 is 0. The molecule has 4 aromatic rings. The van der Waals surface area contributed by atoms with Crippen molar-refractivity contribution in [1.29, 1.82) is 0 Å². The lowest BCUT2D eigenvalue weighted by Gasteiger charge is -2.42. The highest BCUT2D eigenvalue weighted by atomic mass is 16.4. The number of hydrogen-bond donors (Lipinski definition) is 2. The number of benzene rings is 4. The Morgan fingerprint density at radius 3 is 1.09 bits per heavy atom. The second kappa shape index (κ2) is 11.5. The normalized spacial score (nSPS) is 16.3. The number of hydrogen-bond acceptors (Lipinski definition) is 4. The molecule has 4 aromatic carbocycles. The highest BCUT2D eigenvalue weighted by Crippen LogP contribution is 2.48. The minimum Gasteiger partial charge on any atom is -0.478 e. The summed E-state index contributed by atoms with van der Waals surface area (Å²) in [6.45, 7) is 8.31. The summed E-state index contributed by atoms with van der Waals surface area (Å²) in [5.74, 6) is -1.98. The van der Waals surface area contributed by atoms with Crippen molar-refractivity contribution < 1.29 is 29.4 Å². The van der Waals surface area contributed by atoms with Crippen molar-refractivity contribution in [3.63, 3.8) is 0 Å². The molecule has 2 fully saturated rings. The van der Waals surface area contributed by atoms with E-state index in [1.165, 1.54) is 0 Å². The number of carboxylic acid groups (broad SMARTS) is 2. The molecule has 0 unspecified atom stereocenters. The van der Waals surface area contributed by atoms with E-state index in [0.717, 1.165) is 33.6 Å². The Kier molecular flexibility index (Phi) is 7.78. The maximum Gasteiger partial charge on any atom is 0.335 e. The van der Waals surface area contributed by atoms with Crippen molar-refractivity contribution in [1.82, 2.24) is 0 Å². The lowest BCUT2D eigenvalue weighted by atomic mass is 9.78. The lowest BCUT2D eigenvalue weighted by Crippen LogP contribution is -2.56. The second-order valence-corrected chi connectivity index (χ2v) is 13.5. The molecule has 2 N–H and O–H groups in total. The van der Waals surface area contributed by atoms with Crippen LogP contribution in [0.1, 0.15) is 96.3 Å². The van der Waals surface area contributed by atoms with Crippen molar-refractivity contribution in [2.24, 2.45) is 0 Å². The van der Waals surface area contributed by atoms with Crippen LogP contribution in [0.2, 0.25) is 0 Å². The van der Waals surface area contributed by atoms with E-state index in [0.29, 0.717) is 25.7 Å². The van der Waals surface area contributed by atoms with Crippen molar-refractivity contribution in [3.05, 3.63) is 130 Å². The maximum absolute atomic E-state index is 13.5. The summed E-state index contributed by atoms with van der Waals surface area (Å²) in [5, 5.41) is 18.6. The molecule has 2 heterocycles. The van der Waals surface area contributed by atoms with Gasteiger partial charge in [0.1, 0.15) is 5.66 Å². The Morgan fingerprint density at radius 1 is 0.532 bits per heavy atom. The molecule has 2 amide bonds. The van der Waals surface area contributed by atoms with Gasteiger partial charge in [0.25, 0.3) is 0 Å². The highest BCUT2D eigenvalue weighted by molar-refractivity contribution is 6.05. The van der Waals surface area contributed by atoms with E-state index in [2.05, 4.69) is 27.7 Å². The van der Waals surface area contributed by atoms with Gasteiger partial charge in [0.2, 0.25) is 11.8 Å². The molecule has 0 aromatic heterocycles. The fourth-order valence-electron chi connectivity index (χ4n) is 7.19. The van der Waals surface area contributed by atoms with E-state index < -0.39 is 28.4 Å². The van der Waals surface area contributed by atoms with Gasteiger partial charge in [-0.3, -0.25) is 19.4 Å². The average molecular weight is 631 g/mol. The number of nitrogens with zero attached hydrogens (tertiary/aromatic N) is 2. The Balaban J connectivity index is 1.29. The van der Waals surface area contributed by atoms with Crippen LogP contribution in [0.4, 0.5) is 11.4 Å². The maximum atomic E-state index is 13.5. The Morgan fingerprint density at radius 2 is 0.809 bits per heavy atom. The van der Waals surface area contributed by atoms with Gasteiger partial charge < -0.3 is 10.2 Å². The third-order valence-corrected chi connectivity index (χ3v) is 10.2. The van der Waals surface area contributed by atoms with E-state index in [1.54, 1.807) is 34.1 Å². The number of aromatic carboxylic acids is 2. The van der Waals surface area contributed by atoms with Crippen molar-refractivity contribution >= 4 is 35.1 Å². The van der Waals surface area contributed by atoms with Crippen molar-refractivity contribution in [2.75, 3.05) is 9.80 Å². The number of carbonyl (C=O) groups is 4. The Labute approximate surface area is 274 Å². The molecule has 8 nitrogen and oxygen atoms in total. The van der Waals surface area contributed by atoms with Gasteiger partial charge in [-0.05, 0) is 83.6 Å². The first-order chi connectivity index (χ1) is 22.3. The van der Waals surface area contributed by atoms with Crippen LogP contribution in [0.15, 0.2) is 97.1 Å². The van der Waals surface area contributed by atoms with Crippen LogP contribution < -0.4 is 9.80 Å². The van der Waals surface area contributed by atoms with Crippen LogP contribution in [0, 0.1) is 0 Å². The van der Waals surface area contributed by atoms with Crippen LogP contribution in [-0.4, -0.2) is 39.6 Å². The van der Waals surface area contributed by atoms with Gasteiger partial charge in [-0.15, -0.1) is 0 Å². The molecule has 8 heteroatoms. The van der Waals surface area contributed by atoms with E-state index >= 15 is 0 Å². The first kappa shape index (κ1) is 31.7. The minimum atomic E-state index is -0.966. The summed E-state index contributed by atoms with van der Waals surface area (Å²) in [5.41, 5.74) is 4.28. The molecule has 2 aliphatic heterocycles. The third kappa shape index (κ3) is 5.37. The minimum absolute atomic E-state index is 0.0245. The summed E-state index contributed by atoms with van der Waals surface area (Å²) in [7, 11) is 0. The van der Waals surface area contributed by atoms with Crippen LogP contribution in [-0.2, 0) is 20.4 Å². The molecule has 6 rings (SSSR count). The molecule has 0 bridgehead atoms. The molecule has 240 valence electrons. The first-order valence-electron chi connectivity index (χ1n) is 15.8.